The van der Waals surface area contributed by atoms with E-state index < -0.39 is 0 Å². The molecule has 1 aliphatic rings. The molecule has 0 heterocycles. The quantitative estimate of drug-likeness (QED) is 0.736. The number of carbonyl (C=O) groups excluding carboxylic acids is 1. The van der Waals surface area contributed by atoms with Crippen LogP contribution in [0.5, 0.6) is 5.75 Å². The van der Waals surface area contributed by atoms with Gasteiger partial charge in [0.15, 0.2) is 5.78 Å². The van der Waals surface area contributed by atoms with Gasteiger partial charge in [-0.25, -0.2) is 0 Å². The van der Waals surface area contributed by atoms with Crippen LogP contribution in [0.1, 0.15) is 47.7 Å². The van der Waals surface area contributed by atoms with Crippen LogP contribution in [-0.2, 0) is 0 Å². The van der Waals surface area contributed by atoms with Crippen LogP contribution in [0.3, 0.4) is 0 Å². The first-order valence-electron chi connectivity index (χ1n) is 6.12. The maximum Gasteiger partial charge on any atom is 0.167 e. The van der Waals surface area contributed by atoms with Crippen molar-refractivity contribution in [3.05, 3.63) is 35.4 Å². The van der Waals surface area contributed by atoms with E-state index in [9.17, 15) is 4.79 Å². The Morgan fingerprint density at radius 2 is 2.12 bits per heavy atom. The Kier molecular flexibility index (Phi) is 3.32. The average molecular weight is 230 g/mol. The minimum atomic E-state index is 0.174. The monoisotopic (exact) mass is 230 g/mol. The summed E-state index contributed by atoms with van der Waals surface area (Å²) in [4.78, 5) is 11.7. The molecule has 0 spiro atoms. The number of fused-ring (bicyclic) bond motifs is 1. The molecule has 0 fully saturated rings. The molecule has 0 aliphatic heterocycles. The number of aryl methyl sites for hydroxylation is 1. The Morgan fingerprint density at radius 1 is 1.35 bits per heavy atom. The molecule has 1 aromatic carbocycles. The maximum atomic E-state index is 11.7. The summed E-state index contributed by atoms with van der Waals surface area (Å²) in [6.45, 7) is 8.79. The van der Waals surface area contributed by atoms with E-state index in [0.717, 1.165) is 47.5 Å². The van der Waals surface area contributed by atoms with Crippen molar-refractivity contribution < 1.29 is 9.53 Å². The third kappa shape index (κ3) is 2.26. The van der Waals surface area contributed by atoms with Crippen LogP contribution in [-0.4, -0.2) is 12.4 Å². The van der Waals surface area contributed by atoms with E-state index in [4.69, 9.17) is 4.74 Å². The van der Waals surface area contributed by atoms with Gasteiger partial charge in [-0.15, -0.1) is 0 Å². The molecule has 0 saturated carbocycles. The van der Waals surface area contributed by atoms with Crippen LogP contribution in [0.2, 0.25) is 0 Å². The lowest BCUT2D eigenvalue weighted by Gasteiger charge is -2.10. The normalized spacial score (nSPS) is 14.0. The highest BCUT2D eigenvalue weighted by atomic mass is 16.5. The molecular weight excluding hydrogens is 212 g/mol. The second-order valence-electron chi connectivity index (χ2n) is 4.57. The molecule has 0 aromatic heterocycles. The predicted octanol–water partition coefficient (Wildman–Crippen LogP) is 3.77. The molecule has 2 rings (SSSR count). The molecule has 0 atom stereocenters. The third-order valence-electron chi connectivity index (χ3n) is 3.13. The maximum absolute atomic E-state index is 11.7. The van der Waals surface area contributed by atoms with Crippen molar-refractivity contribution in [3.8, 4) is 5.75 Å². The molecule has 2 heteroatoms. The highest BCUT2D eigenvalue weighted by Crippen LogP contribution is 2.35. The van der Waals surface area contributed by atoms with Gasteiger partial charge in [0.1, 0.15) is 5.75 Å². The molecule has 0 bridgehead atoms. The fourth-order valence-corrected chi connectivity index (χ4v) is 2.08. The lowest BCUT2D eigenvalue weighted by atomic mass is 10.0. The zero-order valence-electron chi connectivity index (χ0n) is 10.5. The van der Waals surface area contributed by atoms with Gasteiger partial charge in [0.2, 0.25) is 0 Å². The molecule has 0 unspecified atom stereocenters. The topological polar surface area (TPSA) is 26.3 Å². The number of Topliss-reactive ketones (excluding diaryl/α,β-unsaturated/α-hetero) is 1. The van der Waals surface area contributed by atoms with E-state index in [2.05, 4.69) is 13.5 Å². The summed E-state index contributed by atoms with van der Waals surface area (Å²) in [5, 5.41) is 0. The standard InChI is InChI=1S/C15H18O2/c1-4-5-6-17-15-9-12-10(2)8-14(16)13(12)7-11(15)3/h7,9H,2,4-6,8H2,1,3H3. The first-order valence-corrected chi connectivity index (χ1v) is 6.12. The van der Waals surface area contributed by atoms with Gasteiger partial charge >= 0.3 is 0 Å². The number of ether oxygens (including phenoxy) is 1. The summed E-state index contributed by atoms with van der Waals surface area (Å²) >= 11 is 0. The molecule has 17 heavy (non-hydrogen) atoms. The lowest BCUT2D eigenvalue weighted by molar-refractivity contribution is 0.100. The van der Waals surface area contributed by atoms with Crippen molar-refractivity contribution in [1.29, 1.82) is 0 Å². The highest BCUT2D eigenvalue weighted by Gasteiger charge is 2.24. The second-order valence-corrected chi connectivity index (χ2v) is 4.57. The Morgan fingerprint density at radius 3 is 2.82 bits per heavy atom. The number of allylic oxidation sites excluding steroid dienone is 1. The summed E-state index contributed by atoms with van der Waals surface area (Å²) in [6, 6.07) is 3.89. The SMILES string of the molecule is C=C1CC(=O)c2cc(C)c(OCCCC)cc21. The number of ketones is 1. The van der Waals surface area contributed by atoms with Gasteiger partial charge < -0.3 is 4.74 Å². The fourth-order valence-electron chi connectivity index (χ4n) is 2.08. The lowest BCUT2D eigenvalue weighted by Crippen LogP contribution is -2.00. The number of hydrogen-bond donors (Lipinski definition) is 0. The van der Waals surface area contributed by atoms with Gasteiger partial charge in [0.25, 0.3) is 0 Å². The van der Waals surface area contributed by atoms with Crippen molar-refractivity contribution in [2.24, 2.45) is 0 Å². The van der Waals surface area contributed by atoms with E-state index in [1.165, 1.54) is 0 Å². The van der Waals surface area contributed by atoms with Crippen LogP contribution in [0.15, 0.2) is 18.7 Å². The van der Waals surface area contributed by atoms with E-state index in [1.54, 1.807) is 0 Å². The van der Waals surface area contributed by atoms with E-state index in [-0.39, 0.29) is 5.78 Å². The largest absolute Gasteiger partial charge is 0.493 e. The first-order chi connectivity index (χ1) is 8.13. The van der Waals surface area contributed by atoms with Crippen LogP contribution in [0, 0.1) is 6.92 Å². The van der Waals surface area contributed by atoms with Crippen molar-refractivity contribution in [1.82, 2.24) is 0 Å². The van der Waals surface area contributed by atoms with E-state index in [0.29, 0.717) is 6.42 Å². The number of rotatable bonds is 4. The first kappa shape index (κ1) is 11.9. The highest BCUT2D eigenvalue weighted by molar-refractivity contribution is 6.11. The van der Waals surface area contributed by atoms with Gasteiger partial charge in [-0.1, -0.05) is 19.9 Å². The Bertz CT molecular complexity index is 472. The zero-order chi connectivity index (χ0) is 12.4. The number of benzene rings is 1. The van der Waals surface area contributed by atoms with Crippen molar-refractivity contribution in [3.63, 3.8) is 0 Å². The molecule has 2 nitrogen and oxygen atoms in total. The van der Waals surface area contributed by atoms with Crippen molar-refractivity contribution >= 4 is 11.4 Å². The smallest absolute Gasteiger partial charge is 0.167 e. The molecule has 1 aliphatic carbocycles. The molecule has 0 N–H and O–H groups in total. The van der Waals surface area contributed by atoms with Crippen LogP contribution in [0.25, 0.3) is 5.57 Å². The summed E-state index contributed by atoms with van der Waals surface area (Å²) < 4.78 is 5.73. The summed E-state index contributed by atoms with van der Waals surface area (Å²) in [5.74, 6) is 1.06. The number of carbonyl (C=O) groups is 1. The van der Waals surface area contributed by atoms with Crippen LogP contribution < -0.4 is 4.74 Å². The summed E-state index contributed by atoms with van der Waals surface area (Å²) in [5.41, 5.74) is 3.70. The van der Waals surface area contributed by atoms with E-state index >= 15 is 0 Å². The van der Waals surface area contributed by atoms with E-state index in [1.807, 2.05) is 19.1 Å². The van der Waals surface area contributed by atoms with Gasteiger partial charge in [0.05, 0.1) is 6.61 Å². The molecule has 0 amide bonds. The second kappa shape index (κ2) is 4.74. The minimum absolute atomic E-state index is 0.174. The van der Waals surface area contributed by atoms with Gasteiger partial charge in [-0.3, -0.25) is 4.79 Å². The summed E-state index contributed by atoms with van der Waals surface area (Å²) in [6.07, 6.45) is 2.62. The van der Waals surface area contributed by atoms with Gasteiger partial charge in [-0.05, 0) is 42.2 Å². The molecule has 1 aromatic rings. The Hall–Kier alpha value is -1.57. The molecule has 0 radical (unpaired) electrons. The number of unbranched alkanes of at least 4 members (excludes halogenated alkanes) is 1. The third-order valence-corrected chi connectivity index (χ3v) is 3.13. The molecule has 90 valence electrons. The summed E-state index contributed by atoms with van der Waals surface area (Å²) in [7, 11) is 0. The van der Waals surface area contributed by atoms with Gasteiger partial charge in [0, 0.05) is 12.0 Å². The predicted molar refractivity (Wildman–Crippen MR) is 69.6 cm³/mol. The van der Waals surface area contributed by atoms with Crippen molar-refractivity contribution in [2.45, 2.75) is 33.1 Å². The van der Waals surface area contributed by atoms with Crippen LogP contribution in [0.4, 0.5) is 0 Å². The molecule has 0 saturated heterocycles. The Balaban J connectivity index is 2.28. The van der Waals surface area contributed by atoms with Gasteiger partial charge in [-0.2, -0.15) is 0 Å². The molecular formula is C15H18O2. The zero-order valence-corrected chi connectivity index (χ0v) is 10.5. The average Bonchev–Trinajstić information content (AvgIpc) is 2.55. The van der Waals surface area contributed by atoms with Crippen LogP contribution >= 0.6 is 0 Å². The Labute approximate surface area is 102 Å². The number of hydrogen-bond acceptors (Lipinski definition) is 2. The minimum Gasteiger partial charge on any atom is -0.493 e. The fraction of sp³-hybridized carbons (Fsp3) is 0.400. The van der Waals surface area contributed by atoms with Crippen molar-refractivity contribution in [2.75, 3.05) is 6.61 Å².